The van der Waals surface area contributed by atoms with Crippen LogP contribution in [0.2, 0.25) is 0 Å². The predicted octanol–water partition coefficient (Wildman–Crippen LogP) is 0.653. The van der Waals surface area contributed by atoms with E-state index in [0.29, 0.717) is 24.4 Å². The fourth-order valence-electron chi connectivity index (χ4n) is 2.96. The minimum atomic E-state index is 0.317. The first-order valence-electron chi connectivity index (χ1n) is 6.35. The van der Waals surface area contributed by atoms with Gasteiger partial charge in [-0.15, -0.1) is 0 Å². The van der Waals surface area contributed by atoms with E-state index in [1.165, 1.54) is 6.42 Å². The summed E-state index contributed by atoms with van der Waals surface area (Å²) in [6.07, 6.45) is 7.93. The summed E-state index contributed by atoms with van der Waals surface area (Å²) in [5.74, 6) is 0.319. The number of amides is 1. The van der Waals surface area contributed by atoms with Crippen molar-refractivity contribution in [1.29, 1.82) is 0 Å². The van der Waals surface area contributed by atoms with Gasteiger partial charge in [-0.1, -0.05) is 0 Å². The fourth-order valence-corrected chi connectivity index (χ4v) is 2.96. The molecular weight excluding hydrogens is 216 g/mol. The lowest BCUT2D eigenvalue weighted by Crippen LogP contribution is -2.45. The molecule has 0 radical (unpaired) electrons. The summed E-state index contributed by atoms with van der Waals surface area (Å²) in [7, 11) is 0. The molecule has 1 aromatic rings. The number of nitrogens with one attached hydrogen (secondary N) is 2. The molecule has 2 aliphatic heterocycles. The van der Waals surface area contributed by atoms with Gasteiger partial charge in [0.15, 0.2) is 0 Å². The van der Waals surface area contributed by atoms with E-state index in [4.69, 9.17) is 0 Å². The number of carbonyl (C=O) groups is 1. The van der Waals surface area contributed by atoms with Crippen molar-refractivity contribution in [3.8, 4) is 0 Å². The first-order valence-corrected chi connectivity index (χ1v) is 6.35. The maximum Gasteiger partial charge on any atom is 0.224 e. The van der Waals surface area contributed by atoms with Crippen LogP contribution in [0.3, 0.4) is 0 Å². The van der Waals surface area contributed by atoms with E-state index in [1.807, 2.05) is 12.4 Å². The summed E-state index contributed by atoms with van der Waals surface area (Å²) in [4.78, 5) is 13.9. The predicted molar refractivity (Wildman–Crippen MR) is 63.2 cm³/mol. The van der Waals surface area contributed by atoms with Gasteiger partial charge in [-0.2, -0.15) is 5.10 Å². The van der Waals surface area contributed by atoms with Gasteiger partial charge in [0.1, 0.15) is 0 Å². The molecule has 0 aromatic carbocycles. The molecule has 17 heavy (non-hydrogen) atoms. The number of aromatic amines is 1. The summed E-state index contributed by atoms with van der Waals surface area (Å²) >= 11 is 0. The number of H-pyrrole nitrogens is 1. The molecular formula is C12H18N4O. The third kappa shape index (κ3) is 2.07. The Morgan fingerprint density at radius 2 is 2.47 bits per heavy atom. The van der Waals surface area contributed by atoms with E-state index in [9.17, 15) is 4.79 Å². The average molecular weight is 234 g/mol. The Bertz CT molecular complexity index is 389. The number of rotatable bonds is 3. The third-order valence-corrected chi connectivity index (χ3v) is 3.85. The molecule has 5 heteroatoms. The monoisotopic (exact) mass is 234 g/mol. The number of hydrogen-bond acceptors (Lipinski definition) is 3. The van der Waals surface area contributed by atoms with E-state index in [0.717, 1.165) is 31.5 Å². The number of nitrogens with zero attached hydrogens (tertiary/aromatic N) is 2. The number of piperidine rings is 1. The summed E-state index contributed by atoms with van der Waals surface area (Å²) in [5.41, 5.74) is 1.15. The Morgan fingerprint density at radius 1 is 1.53 bits per heavy atom. The molecule has 3 heterocycles. The number of fused-ring (bicyclic) bond motifs is 1. The largest absolute Gasteiger partial charge is 0.338 e. The standard InChI is InChI=1S/C12H18N4O/c17-12-5-10(11-3-1-2-4-16(11)12)13-6-9-7-14-15-8-9/h7-8,10-11,13H,1-6H2,(H,14,15). The van der Waals surface area contributed by atoms with E-state index in [-0.39, 0.29) is 0 Å². The van der Waals surface area contributed by atoms with Gasteiger partial charge >= 0.3 is 0 Å². The van der Waals surface area contributed by atoms with E-state index >= 15 is 0 Å². The molecule has 1 amide bonds. The zero-order valence-corrected chi connectivity index (χ0v) is 9.85. The second kappa shape index (κ2) is 4.49. The van der Waals surface area contributed by atoms with Crippen LogP contribution in [0, 0.1) is 0 Å². The Balaban J connectivity index is 1.61. The molecule has 5 nitrogen and oxygen atoms in total. The van der Waals surface area contributed by atoms with Crippen LogP contribution >= 0.6 is 0 Å². The molecule has 2 saturated heterocycles. The number of carbonyl (C=O) groups excluding carboxylic acids is 1. The Morgan fingerprint density at radius 3 is 3.29 bits per heavy atom. The highest BCUT2D eigenvalue weighted by Gasteiger charge is 2.40. The van der Waals surface area contributed by atoms with Crippen LogP contribution in [0.15, 0.2) is 12.4 Å². The molecule has 1 aromatic heterocycles. The van der Waals surface area contributed by atoms with Gasteiger partial charge in [0.05, 0.1) is 6.20 Å². The second-order valence-corrected chi connectivity index (χ2v) is 4.95. The third-order valence-electron chi connectivity index (χ3n) is 3.85. The Hall–Kier alpha value is -1.36. The minimum absolute atomic E-state index is 0.317. The van der Waals surface area contributed by atoms with E-state index in [1.54, 1.807) is 0 Å². The van der Waals surface area contributed by atoms with Crippen LogP contribution < -0.4 is 5.32 Å². The van der Waals surface area contributed by atoms with Crippen molar-refractivity contribution in [2.75, 3.05) is 6.54 Å². The van der Waals surface area contributed by atoms with Crippen molar-refractivity contribution in [3.63, 3.8) is 0 Å². The normalized spacial score (nSPS) is 28.5. The van der Waals surface area contributed by atoms with Gasteiger partial charge in [0.2, 0.25) is 5.91 Å². The van der Waals surface area contributed by atoms with E-state index in [2.05, 4.69) is 20.4 Å². The smallest absolute Gasteiger partial charge is 0.224 e. The highest BCUT2D eigenvalue weighted by molar-refractivity contribution is 5.80. The fraction of sp³-hybridized carbons (Fsp3) is 0.667. The van der Waals surface area contributed by atoms with Crippen LogP contribution in [0.4, 0.5) is 0 Å². The van der Waals surface area contributed by atoms with Gasteiger partial charge in [0, 0.05) is 43.4 Å². The highest BCUT2D eigenvalue weighted by Crippen LogP contribution is 2.28. The second-order valence-electron chi connectivity index (χ2n) is 4.95. The van der Waals surface area contributed by atoms with Crippen LogP contribution in [-0.4, -0.2) is 39.6 Å². The number of aromatic nitrogens is 2. The van der Waals surface area contributed by atoms with Gasteiger partial charge in [-0.25, -0.2) is 0 Å². The Labute approximate surface area is 101 Å². The van der Waals surface area contributed by atoms with Crippen molar-refractivity contribution in [2.24, 2.45) is 0 Å². The lowest BCUT2D eigenvalue weighted by atomic mass is 9.99. The van der Waals surface area contributed by atoms with Crippen molar-refractivity contribution < 1.29 is 4.79 Å². The summed E-state index contributed by atoms with van der Waals surface area (Å²) in [6.45, 7) is 1.74. The molecule has 3 rings (SSSR count). The quantitative estimate of drug-likeness (QED) is 0.807. The highest BCUT2D eigenvalue weighted by atomic mass is 16.2. The maximum atomic E-state index is 11.8. The van der Waals surface area contributed by atoms with Crippen LogP contribution in [-0.2, 0) is 11.3 Å². The van der Waals surface area contributed by atoms with Crippen molar-refractivity contribution in [1.82, 2.24) is 20.4 Å². The molecule has 92 valence electrons. The molecule has 0 spiro atoms. The Kier molecular flexibility index (Phi) is 2.84. The minimum Gasteiger partial charge on any atom is -0.338 e. The SMILES string of the molecule is O=C1CC(NCc2cn[nH]c2)C2CCCCN12. The van der Waals surface area contributed by atoms with Crippen LogP contribution in [0.25, 0.3) is 0 Å². The van der Waals surface area contributed by atoms with Gasteiger partial charge in [-0.3, -0.25) is 9.89 Å². The van der Waals surface area contributed by atoms with Crippen LogP contribution in [0.5, 0.6) is 0 Å². The van der Waals surface area contributed by atoms with E-state index < -0.39 is 0 Å². The molecule has 2 N–H and O–H groups in total. The lowest BCUT2D eigenvalue weighted by molar-refractivity contribution is -0.129. The summed E-state index contributed by atoms with van der Waals surface area (Å²) < 4.78 is 0. The first kappa shape index (κ1) is 10.8. The topological polar surface area (TPSA) is 61.0 Å². The first-order chi connectivity index (χ1) is 8.34. The van der Waals surface area contributed by atoms with Crippen molar-refractivity contribution >= 4 is 5.91 Å². The van der Waals surface area contributed by atoms with Gasteiger partial charge in [0.25, 0.3) is 0 Å². The van der Waals surface area contributed by atoms with Gasteiger partial charge < -0.3 is 10.2 Å². The molecule has 0 aliphatic carbocycles. The van der Waals surface area contributed by atoms with Crippen molar-refractivity contribution in [3.05, 3.63) is 18.0 Å². The molecule has 2 atom stereocenters. The zero-order valence-electron chi connectivity index (χ0n) is 9.85. The van der Waals surface area contributed by atoms with Crippen LogP contribution in [0.1, 0.15) is 31.2 Å². The van der Waals surface area contributed by atoms with Gasteiger partial charge in [-0.05, 0) is 19.3 Å². The zero-order chi connectivity index (χ0) is 11.7. The molecule has 2 unspecified atom stereocenters. The number of hydrogen-bond donors (Lipinski definition) is 2. The molecule has 2 fully saturated rings. The summed E-state index contributed by atoms with van der Waals surface area (Å²) in [5, 5.41) is 10.2. The molecule has 0 bridgehead atoms. The molecule has 2 aliphatic rings. The van der Waals surface area contributed by atoms with Crippen molar-refractivity contribution in [2.45, 2.75) is 44.3 Å². The average Bonchev–Trinajstić information content (AvgIpc) is 2.96. The lowest BCUT2D eigenvalue weighted by Gasteiger charge is -2.32. The summed E-state index contributed by atoms with van der Waals surface area (Å²) in [6, 6.07) is 0.737. The maximum absolute atomic E-state index is 11.8. The molecule has 0 saturated carbocycles.